The van der Waals surface area contributed by atoms with Crippen molar-refractivity contribution >= 4 is 27.6 Å². The third-order valence-corrected chi connectivity index (χ3v) is 7.96. The topological polar surface area (TPSA) is 119 Å². The monoisotopic (exact) mass is 547 g/mol. The molecule has 1 amide bonds. The minimum atomic E-state index is -0.577. The standard InChI is InChI=1S/C32H26FN5O3/c1-37-15-20(14-35-37)27-13-24-22(7-8-23(31(34)40)30(24)36-27)21-3-2-4-28(25(21)16-39)38-10-9-18-11-19(17-5-6-17)12-26(33)29(18)32(38)41/h2-4,7-15,17,36,39H,5-6,16H2,1H3,(H2,34,40). The van der Waals surface area contributed by atoms with Gasteiger partial charge in [-0.2, -0.15) is 5.10 Å². The lowest BCUT2D eigenvalue weighted by Crippen LogP contribution is -2.20. The summed E-state index contributed by atoms with van der Waals surface area (Å²) >= 11 is 0. The maximum absolute atomic E-state index is 15.2. The van der Waals surface area contributed by atoms with Crippen molar-refractivity contribution in [1.82, 2.24) is 19.3 Å². The summed E-state index contributed by atoms with van der Waals surface area (Å²) in [6.07, 6.45) is 7.27. The van der Waals surface area contributed by atoms with Crippen LogP contribution in [0.25, 0.3) is 49.7 Å². The van der Waals surface area contributed by atoms with Crippen LogP contribution in [0.2, 0.25) is 0 Å². The smallest absolute Gasteiger partial charge is 0.265 e. The number of nitrogens with two attached hydrogens (primary N) is 1. The highest BCUT2D eigenvalue weighted by molar-refractivity contribution is 6.10. The summed E-state index contributed by atoms with van der Waals surface area (Å²) in [6.45, 7) is -0.377. The van der Waals surface area contributed by atoms with Crippen molar-refractivity contribution in [2.24, 2.45) is 12.8 Å². The lowest BCUT2D eigenvalue weighted by molar-refractivity contribution is 0.100. The van der Waals surface area contributed by atoms with Crippen LogP contribution in [-0.4, -0.2) is 30.3 Å². The Balaban J connectivity index is 1.43. The highest BCUT2D eigenvalue weighted by Gasteiger charge is 2.25. The minimum absolute atomic E-state index is 0.0196. The fourth-order valence-electron chi connectivity index (χ4n) is 5.79. The number of fused-ring (bicyclic) bond motifs is 2. The summed E-state index contributed by atoms with van der Waals surface area (Å²) in [7, 11) is 1.82. The zero-order chi connectivity index (χ0) is 28.4. The van der Waals surface area contributed by atoms with Crippen molar-refractivity contribution < 1.29 is 14.3 Å². The molecular weight excluding hydrogens is 521 g/mol. The van der Waals surface area contributed by atoms with Gasteiger partial charge in [-0.1, -0.05) is 24.3 Å². The molecule has 1 saturated carbocycles. The number of halogens is 1. The molecule has 0 bridgehead atoms. The number of H-pyrrole nitrogens is 1. The van der Waals surface area contributed by atoms with Crippen LogP contribution in [-0.2, 0) is 13.7 Å². The zero-order valence-electron chi connectivity index (χ0n) is 22.2. The number of carbonyl (C=O) groups excluding carboxylic acids is 1. The van der Waals surface area contributed by atoms with Crippen molar-refractivity contribution in [3.8, 4) is 28.1 Å². The lowest BCUT2D eigenvalue weighted by Gasteiger charge is -2.17. The number of aromatic nitrogens is 4. The van der Waals surface area contributed by atoms with Crippen LogP contribution in [0, 0.1) is 5.82 Å². The van der Waals surface area contributed by atoms with Gasteiger partial charge in [0.1, 0.15) is 5.82 Å². The first-order chi connectivity index (χ1) is 19.8. The molecule has 8 nitrogen and oxygen atoms in total. The van der Waals surface area contributed by atoms with Crippen molar-refractivity contribution in [3.05, 3.63) is 106 Å². The Morgan fingerprint density at radius 2 is 1.98 bits per heavy atom. The molecule has 1 fully saturated rings. The molecule has 3 aromatic carbocycles. The zero-order valence-corrected chi connectivity index (χ0v) is 22.2. The number of pyridine rings is 1. The summed E-state index contributed by atoms with van der Waals surface area (Å²) < 4.78 is 18.3. The van der Waals surface area contributed by atoms with Crippen LogP contribution in [0.4, 0.5) is 4.39 Å². The molecule has 204 valence electrons. The number of aromatic amines is 1. The third kappa shape index (κ3) is 4.05. The molecule has 0 aliphatic heterocycles. The van der Waals surface area contributed by atoms with Gasteiger partial charge < -0.3 is 15.8 Å². The molecule has 0 spiro atoms. The average Bonchev–Trinajstić information content (AvgIpc) is 3.57. The molecule has 0 saturated heterocycles. The van der Waals surface area contributed by atoms with Crippen LogP contribution in [0.3, 0.4) is 0 Å². The van der Waals surface area contributed by atoms with Gasteiger partial charge in [0.05, 0.1) is 35.0 Å². The number of aryl methyl sites for hydroxylation is 1. The number of hydrogen-bond donors (Lipinski definition) is 3. The van der Waals surface area contributed by atoms with Crippen LogP contribution in [0.15, 0.2) is 78.0 Å². The van der Waals surface area contributed by atoms with E-state index in [9.17, 15) is 14.7 Å². The van der Waals surface area contributed by atoms with Crippen LogP contribution in [0.5, 0.6) is 0 Å². The molecule has 6 aromatic rings. The molecule has 0 unspecified atom stereocenters. The molecule has 1 aliphatic rings. The minimum Gasteiger partial charge on any atom is -0.392 e. The number of nitrogens with one attached hydrogen (secondary N) is 1. The van der Waals surface area contributed by atoms with Gasteiger partial charge in [-0.3, -0.25) is 18.8 Å². The van der Waals surface area contributed by atoms with Crippen molar-refractivity contribution in [2.45, 2.75) is 25.4 Å². The lowest BCUT2D eigenvalue weighted by atomic mass is 9.94. The normalized spacial score (nSPS) is 13.3. The highest BCUT2D eigenvalue weighted by atomic mass is 19.1. The summed E-state index contributed by atoms with van der Waals surface area (Å²) in [5, 5.41) is 16.1. The molecule has 7 rings (SSSR count). The first-order valence-electron chi connectivity index (χ1n) is 13.4. The number of hydrogen-bond acceptors (Lipinski definition) is 4. The molecule has 1 aliphatic carbocycles. The van der Waals surface area contributed by atoms with Gasteiger partial charge >= 0.3 is 0 Å². The van der Waals surface area contributed by atoms with E-state index >= 15 is 4.39 Å². The van der Waals surface area contributed by atoms with E-state index in [2.05, 4.69) is 10.1 Å². The Bertz CT molecular complexity index is 2080. The summed E-state index contributed by atoms with van der Waals surface area (Å²) in [5.41, 5.74) is 10.9. The number of rotatable bonds is 6. The molecule has 0 atom stereocenters. The molecule has 3 aromatic heterocycles. The first kappa shape index (κ1) is 25.0. The maximum Gasteiger partial charge on any atom is 0.265 e. The van der Waals surface area contributed by atoms with E-state index in [4.69, 9.17) is 5.73 Å². The van der Waals surface area contributed by atoms with Crippen LogP contribution < -0.4 is 11.3 Å². The van der Waals surface area contributed by atoms with Crippen molar-refractivity contribution in [3.63, 3.8) is 0 Å². The Kier molecular flexibility index (Phi) is 5.65. The van der Waals surface area contributed by atoms with Crippen LogP contribution in [0.1, 0.15) is 40.2 Å². The van der Waals surface area contributed by atoms with Crippen molar-refractivity contribution in [1.29, 1.82) is 0 Å². The summed E-state index contributed by atoms with van der Waals surface area (Å²) in [4.78, 5) is 29.2. The third-order valence-electron chi connectivity index (χ3n) is 7.96. The predicted molar refractivity (Wildman–Crippen MR) is 155 cm³/mol. The van der Waals surface area contributed by atoms with E-state index in [-0.39, 0.29) is 12.0 Å². The SMILES string of the molecule is Cn1cc(-c2cc3c(-c4cccc(-n5ccc6cc(C7CC7)cc(F)c6c5=O)c4CO)ccc(C(N)=O)c3[nH]2)cn1. The maximum atomic E-state index is 15.2. The second-order valence-corrected chi connectivity index (χ2v) is 10.6. The van der Waals surface area contributed by atoms with Crippen molar-refractivity contribution in [2.75, 3.05) is 0 Å². The van der Waals surface area contributed by atoms with E-state index in [1.807, 2.05) is 31.4 Å². The molecule has 41 heavy (non-hydrogen) atoms. The Morgan fingerprint density at radius 1 is 1.15 bits per heavy atom. The van der Waals surface area contributed by atoms with Gasteiger partial charge in [0, 0.05) is 41.6 Å². The average molecular weight is 548 g/mol. The van der Waals surface area contributed by atoms with Gasteiger partial charge in [0.15, 0.2) is 0 Å². The summed E-state index contributed by atoms with van der Waals surface area (Å²) in [5.74, 6) is -0.754. The van der Waals surface area contributed by atoms with Crippen LogP contribution >= 0.6 is 0 Å². The second kappa shape index (κ2) is 9.28. The quantitative estimate of drug-likeness (QED) is 0.267. The van der Waals surface area contributed by atoms with Gasteiger partial charge in [-0.25, -0.2) is 4.39 Å². The number of aliphatic hydroxyl groups is 1. The fraction of sp³-hybridized carbons (Fsp3) is 0.156. The largest absolute Gasteiger partial charge is 0.392 e. The number of benzene rings is 3. The number of aliphatic hydroxyl groups excluding tert-OH is 1. The summed E-state index contributed by atoms with van der Waals surface area (Å²) in [6, 6.07) is 15.8. The Morgan fingerprint density at radius 3 is 2.68 bits per heavy atom. The molecule has 9 heteroatoms. The van der Waals surface area contributed by atoms with E-state index in [1.165, 1.54) is 10.6 Å². The van der Waals surface area contributed by atoms with Gasteiger partial charge in [0.25, 0.3) is 11.5 Å². The van der Waals surface area contributed by atoms with Gasteiger partial charge in [-0.15, -0.1) is 0 Å². The number of primary amides is 1. The van der Waals surface area contributed by atoms with Gasteiger partial charge in [0.2, 0.25) is 0 Å². The van der Waals surface area contributed by atoms with E-state index in [0.29, 0.717) is 39.2 Å². The first-order valence-corrected chi connectivity index (χ1v) is 13.4. The van der Waals surface area contributed by atoms with Gasteiger partial charge in [-0.05, 0) is 71.2 Å². The Hall–Kier alpha value is -5.02. The molecular formula is C32H26FN5O3. The fourth-order valence-corrected chi connectivity index (χ4v) is 5.79. The number of amides is 1. The van der Waals surface area contributed by atoms with E-state index < -0.39 is 17.3 Å². The predicted octanol–water partition coefficient (Wildman–Crippen LogP) is 5.15. The second-order valence-electron chi connectivity index (χ2n) is 10.6. The molecule has 3 heterocycles. The highest BCUT2D eigenvalue weighted by Crippen LogP contribution is 2.41. The van der Waals surface area contributed by atoms with E-state index in [1.54, 1.807) is 47.4 Å². The number of carbonyl (C=O) groups is 1. The molecule has 4 N–H and O–H groups in total. The van der Waals surface area contributed by atoms with E-state index in [0.717, 1.165) is 40.6 Å². The Labute approximate surface area is 233 Å². The molecule has 0 radical (unpaired) electrons. The number of nitrogens with zero attached hydrogens (tertiary/aromatic N) is 3.